The fourth-order valence-corrected chi connectivity index (χ4v) is 4.91. The van der Waals surface area contributed by atoms with E-state index in [1.807, 2.05) is 18.5 Å². The van der Waals surface area contributed by atoms with Gasteiger partial charge >= 0.3 is 0 Å². The molecule has 2 N–H and O–H groups in total. The average Bonchev–Trinajstić information content (AvgIpc) is 3.08. The van der Waals surface area contributed by atoms with Crippen molar-refractivity contribution in [2.24, 2.45) is 5.41 Å². The molecule has 2 aliphatic rings. The molecule has 1 heterocycles. The maximum absolute atomic E-state index is 11.9. The molecule has 0 bridgehead atoms. The Bertz CT molecular complexity index is 698. The van der Waals surface area contributed by atoms with E-state index in [9.17, 15) is 4.79 Å². The summed E-state index contributed by atoms with van der Waals surface area (Å²) in [5.74, 6) is 1.64. The number of thioether (sulfide) groups is 1. The van der Waals surface area contributed by atoms with E-state index in [4.69, 9.17) is 0 Å². The zero-order chi connectivity index (χ0) is 19.7. The second-order valence-electron chi connectivity index (χ2n) is 8.92. The summed E-state index contributed by atoms with van der Waals surface area (Å²) in [4.78, 5) is 11.9. The van der Waals surface area contributed by atoms with Gasteiger partial charge in [-0.1, -0.05) is 13.0 Å². The zero-order valence-corrected chi connectivity index (χ0v) is 17.7. The monoisotopic (exact) mass is 392 g/mol. The van der Waals surface area contributed by atoms with Crippen molar-refractivity contribution in [3.05, 3.63) is 18.5 Å². The van der Waals surface area contributed by atoms with Gasteiger partial charge in [0.15, 0.2) is 5.82 Å². The highest BCUT2D eigenvalue weighted by Crippen LogP contribution is 2.61. The SMILES string of the molecule is C=CC(=O)NC(C)(C)CC(C)(NC1CC12CCC2)c1nnnn1CCSC. The van der Waals surface area contributed by atoms with Crippen LogP contribution in [0.25, 0.3) is 0 Å². The lowest BCUT2D eigenvalue weighted by molar-refractivity contribution is -0.118. The lowest BCUT2D eigenvalue weighted by Gasteiger charge is -2.39. The summed E-state index contributed by atoms with van der Waals surface area (Å²) in [6.07, 6.45) is 9.28. The van der Waals surface area contributed by atoms with Crippen molar-refractivity contribution in [1.82, 2.24) is 30.8 Å². The first kappa shape index (κ1) is 20.3. The summed E-state index contributed by atoms with van der Waals surface area (Å²) in [6, 6.07) is 0.507. The van der Waals surface area contributed by atoms with Crippen LogP contribution < -0.4 is 10.6 Å². The molecule has 150 valence electrons. The molecule has 0 saturated heterocycles. The molecule has 2 unspecified atom stereocenters. The van der Waals surface area contributed by atoms with Crippen LogP contribution in [-0.2, 0) is 16.9 Å². The smallest absolute Gasteiger partial charge is 0.243 e. The van der Waals surface area contributed by atoms with Gasteiger partial charge in [0.2, 0.25) is 5.91 Å². The van der Waals surface area contributed by atoms with E-state index in [0.717, 1.165) is 18.1 Å². The Hall–Kier alpha value is -1.41. The number of aromatic nitrogens is 4. The molecule has 2 saturated carbocycles. The Kier molecular flexibility index (Phi) is 5.68. The first-order chi connectivity index (χ1) is 12.7. The fraction of sp³-hybridized carbons (Fsp3) is 0.789. The third-order valence-electron chi connectivity index (χ3n) is 6.01. The standard InChI is InChI=1S/C19H32N6OS/c1-6-15(26)21-17(2,3)13-18(4,20-14-12-19(14)8-7-9-19)16-22-23-24-25(16)10-11-27-5/h6,14,20H,1,7-13H2,2-5H3,(H,21,26). The topological polar surface area (TPSA) is 84.7 Å². The van der Waals surface area contributed by atoms with Gasteiger partial charge in [0.1, 0.15) is 0 Å². The molecular formula is C19H32N6OS. The van der Waals surface area contributed by atoms with E-state index in [1.54, 1.807) is 11.8 Å². The third kappa shape index (κ3) is 4.37. The highest BCUT2D eigenvalue weighted by Gasteiger charge is 2.59. The van der Waals surface area contributed by atoms with Gasteiger partial charge < -0.3 is 10.6 Å². The van der Waals surface area contributed by atoms with Gasteiger partial charge in [-0.25, -0.2) is 4.68 Å². The molecule has 2 fully saturated rings. The van der Waals surface area contributed by atoms with Gasteiger partial charge in [-0.3, -0.25) is 4.79 Å². The largest absolute Gasteiger partial charge is 0.348 e. The normalized spacial score (nSPS) is 22.7. The number of carbonyl (C=O) groups is 1. The predicted molar refractivity (Wildman–Crippen MR) is 108 cm³/mol. The van der Waals surface area contributed by atoms with E-state index < -0.39 is 11.1 Å². The molecule has 0 aliphatic heterocycles. The minimum atomic E-state index is -0.427. The summed E-state index contributed by atoms with van der Waals surface area (Å²) in [7, 11) is 0. The van der Waals surface area contributed by atoms with E-state index >= 15 is 0 Å². The number of rotatable bonds is 10. The van der Waals surface area contributed by atoms with E-state index in [1.165, 1.54) is 31.8 Å². The van der Waals surface area contributed by atoms with Crippen molar-refractivity contribution in [2.75, 3.05) is 12.0 Å². The van der Waals surface area contributed by atoms with Crippen LogP contribution in [0.1, 0.15) is 58.7 Å². The van der Waals surface area contributed by atoms with Crippen LogP contribution >= 0.6 is 11.8 Å². The molecule has 1 spiro atoms. The molecule has 1 aromatic heterocycles. The lowest BCUT2D eigenvalue weighted by Crippen LogP contribution is -2.54. The van der Waals surface area contributed by atoms with Gasteiger partial charge in [0.05, 0.1) is 12.1 Å². The molecule has 7 nitrogen and oxygen atoms in total. The fourth-order valence-electron chi connectivity index (χ4n) is 4.56. The number of tetrazole rings is 1. The molecule has 8 heteroatoms. The molecule has 0 radical (unpaired) electrons. The molecule has 0 aromatic carbocycles. The zero-order valence-electron chi connectivity index (χ0n) is 16.9. The Morgan fingerprint density at radius 3 is 2.74 bits per heavy atom. The van der Waals surface area contributed by atoms with Crippen LogP contribution in [0.2, 0.25) is 0 Å². The maximum Gasteiger partial charge on any atom is 0.243 e. The summed E-state index contributed by atoms with van der Waals surface area (Å²) in [6.45, 7) is 10.6. The van der Waals surface area contributed by atoms with Crippen molar-refractivity contribution in [3.63, 3.8) is 0 Å². The first-order valence-electron chi connectivity index (χ1n) is 9.71. The van der Waals surface area contributed by atoms with Crippen molar-refractivity contribution in [2.45, 2.75) is 76.5 Å². The van der Waals surface area contributed by atoms with Crippen molar-refractivity contribution < 1.29 is 4.79 Å². The maximum atomic E-state index is 11.9. The van der Waals surface area contributed by atoms with E-state index in [2.05, 4.69) is 45.9 Å². The molecule has 27 heavy (non-hydrogen) atoms. The highest BCUT2D eigenvalue weighted by molar-refractivity contribution is 7.98. The van der Waals surface area contributed by atoms with Crippen LogP contribution in [0.4, 0.5) is 0 Å². The minimum Gasteiger partial charge on any atom is -0.348 e. The number of nitrogens with zero attached hydrogens (tertiary/aromatic N) is 4. The van der Waals surface area contributed by atoms with Gasteiger partial charge in [0, 0.05) is 17.3 Å². The first-order valence-corrected chi connectivity index (χ1v) is 11.1. The van der Waals surface area contributed by atoms with Crippen molar-refractivity contribution in [3.8, 4) is 0 Å². The Balaban J connectivity index is 1.83. The molecular weight excluding hydrogens is 360 g/mol. The van der Waals surface area contributed by atoms with Crippen molar-refractivity contribution in [1.29, 1.82) is 0 Å². The number of hydrogen-bond donors (Lipinski definition) is 2. The van der Waals surface area contributed by atoms with Crippen molar-refractivity contribution >= 4 is 17.7 Å². The summed E-state index contributed by atoms with van der Waals surface area (Å²) >= 11 is 1.78. The number of carbonyl (C=O) groups excluding carboxylic acids is 1. The van der Waals surface area contributed by atoms with Crippen LogP contribution in [0.3, 0.4) is 0 Å². The molecule has 3 rings (SSSR count). The van der Waals surface area contributed by atoms with Crippen LogP contribution in [-0.4, -0.2) is 49.7 Å². The molecule has 1 amide bonds. The molecule has 2 aliphatic carbocycles. The van der Waals surface area contributed by atoms with Crippen LogP contribution in [0.15, 0.2) is 12.7 Å². The number of hydrogen-bond acceptors (Lipinski definition) is 6. The Morgan fingerprint density at radius 1 is 1.44 bits per heavy atom. The summed E-state index contributed by atoms with van der Waals surface area (Å²) < 4.78 is 1.91. The second-order valence-corrected chi connectivity index (χ2v) is 9.91. The Morgan fingerprint density at radius 2 is 2.19 bits per heavy atom. The Labute approximate surface area is 166 Å². The average molecular weight is 393 g/mol. The van der Waals surface area contributed by atoms with Gasteiger partial charge in [-0.05, 0) is 74.6 Å². The number of nitrogens with one attached hydrogen (secondary N) is 2. The highest BCUT2D eigenvalue weighted by atomic mass is 32.2. The van der Waals surface area contributed by atoms with E-state index in [-0.39, 0.29) is 5.91 Å². The van der Waals surface area contributed by atoms with Crippen LogP contribution in [0.5, 0.6) is 0 Å². The van der Waals surface area contributed by atoms with Crippen LogP contribution in [0, 0.1) is 5.41 Å². The van der Waals surface area contributed by atoms with E-state index in [0.29, 0.717) is 17.9 Å². The lowest BCUT2D eigenvalue weighted by atomic mass is 9.80. The molecule has 1 aromatic rings. The quantitative estimate of drug-likeness (QED) is 0.594. The number of aryl methyl sites for hydroxylation is 1. The minimum absolute atomic E-state index is 0.161. The second kappa shape index (κ2) is 7.54. The third-order valence-corrected chi connectivity index (χ3v) is 6.60. The van der Waals surface area contributed by atoms with Gasteiger partial charge in [-0.2, -0.15) is 11.8 Å². The predicted octanol–water partition coefficient (Wildman–Crippen LogP) is 2.25. The van der Waals surface area contributed by atoms with Gasteiger partial charge in [0.25, 0.3) is 0 Å². The summed E-state index contributed by atoms with van der Waals surface area (Å²) in [5, 5.41) is 19.5. The number of amides is 1. The summed E-state index contributed by atoms with van der Waals surface area (Å²) in [5.41, 5.74) is -0.359. The van der Waals surface area contributed by atoms with Gasteiger partial charge in [-0.15, -0.1) is 5.10 Å². The molecule has 2 atom stereocenters.